The summed E-state index contributed by atoms with van der Waals surface area (Å²) in [7, 11) is 0. The van der Waals surface area contributed by atoms with Gasteiger partial charge in [-0.15, -0.1) is 0 Å². The van der Waals surface area contributed by atoms with E-state index in [-0.39, 0.29) is 5.91 Å². The number of carbonyl (C=O) groups excluding carboxylic acids is 1. The topological polar surface area (TPSA) is 46.9 Å². The maximum absolute atomic E-state index is 12.0. The highest BCUT2D eigenvalue weighted by atomic mass is 32.2. The predicted molar refractivity (Wildman–Crippen MR) is 88.9 cm³/mol. The van der Waals surface area contributed by atoms with Gasteiger partial charge in [0.15, 0.2) is 0 Å². The quantitative estimate of drug-likeness (QED) is 0.782. The van der Waals surface area contributed by atoms with Crippen LogP contribution in [0.3, 0.4) is 0 Å². The highest BCUT2D eigenvalue weighted by Gasteiger charge is 2.13. The van der Waals surface area contributed by atoms with Crippen LogP contribution in [-0.4, -0.2) is 33.2 Å². The molecule has 1 aliphatic carbocycles. The van der Waals surface area contributed by atoms with E-state index in [2.05, 4.69) is 36.0 Å². The van der Waals surface area contributed by atoms with Crippen LogP contribution < -0.4 is 5.32 Å². The molecule has 0 bridgehead atoms. The summed E-state index contributed by atoms with van der Waals surface area (Å²) in [5.74, 6) is 1.14. The molecule has 0 aromatic carbocycles. The molecule has 2 rings (SSSR count). The average molecular weight is 309 g/mol. The number of nitrogens with one attached hydrogen (secondary N) is 1. The van der Waals surface area contributed by atoms with Gasteiger partial charge in [-0.3, -0.25) is 9.48 Å². The van der Waals surface area contributed by atoms with E-state index in [9.17, 15) is 4.79 Å². The van der Waals surface area contributed by atoms with Crippen molar-refractivity contribution in [2.24, 2.45) is 0 Å². The first-order valence-electron chi connectivity index (χ1n) is 8.11. The van der Waals surface area contributed by atoms with Crippen LogP contribution in [0.4, 0.5) is 0 Å². The number of hydrogen-bond donors (Lipinski definition) is 1. The number of hydrogen-bond acceptors (Lipinski definition) is 3. The first kappa shape index (κ1) is 16.4. The molecule has 0 atom stereocenters. The van der Waals surface area contributed by atoms with E-state index < -0.39 is 0 Å². The molecular weight excluding hydrogens is 282 g/mol. The molecule has 1 saturated carbocycles. The summed E-state index contributed by atoms with van der Waals surface area (Å²) in [6.45, 7) is 4.86. The van der Waals surface area contributed by atoms with Crippen molar-refractivity contribution in [3.8, 4) is 0 Å². The predicted octanol–water partition coefficient (Wildman–Crippen LogP) is 3.65. The highest BCUT2D eigenvalue weighted by molar-refractivity contribution is 7.99. The molecule has 5 heteroatoms. The molecule has 1 N–H and O–H groups in total. The van der Waals surface area contributed by atoms with Gasteiger partial charge in [0, 0.05) is 24.0 Å². The van der Waals surface area contributed by atoms with Crippen molar-refractivity contribution in [1.29, 1.82) is 0 Å². The summed E-state index contributed by atoms with van der Waals surface area (Å²) >= 11 is 2.09. The molecule has 118 valence electrons. The zero-order valence-electron chi connectivity index (χ0n) is 13.2. The Balaban J connectivity index is 1.60. The number of nitrogens with zero attached hydrogens (tertiary/aromatic N) is 2. The van der Waals surface area contributed by atoms with E-state index in [4.69, 9.17) is 0 Å². The number of thioether (sulfide) groups is 1. The summed E-state index contributed by atoms with van der Waals surface area (Å²) < 4.78 is 1.81. The average Bonchev–Trinajstić information content (AvgIpc) is 2.98. The van der Waals surface area contributed by atoms with Crippen LogP contribution in [-0.2, 0) is 0 Å². The SMILES string of the molecule is CC(C)n1cc(C(=O)NCCCSC2CCCCC2)cn1. The Kier molecular flexibility index (Phi) is 6.61. The summed E-state index contributed by atoms with van der Waals surface area (Å²) in [5.41, 5.74) is 0.656. The largest absolute Gasteiger partial charge is 0.352 e. The molecule has 1 fully saturated rings. The lowest BCUT2D eigenvalue weighted by molar-refractivity contribution is 0.0953. The molecule has 0 radical (unpaired) electrons. The zero-order chi connectivity index (χ0) is 15.1. The fourth-order valence-corrected chi connectivity index (χ4v) is 3.91. The molecule has 1 heterocycles. The summed E-state index contributed by atoms with van der Waals surface area (Å²) in [4.78, 5) is 12.0. The lowest BCUT2D eigenvalue weighted by Gasteiger charge is -2.20. The number of rotatable bonds is 7. The van der Waals surface area contributed by atoms with Crippen molar-refractivity contribution in [2.75, 3.05) is 12.3 Å². The van der Waals surface area contributed by atoms with Gasteiger partial charge in [0.25, 0.3) is 5.91 Å². The first-order valence-corrected chi connectivity index (χ1v) is 9.15. The second kappa shape index (κ2) is 8.47. The Morgan fingerprint density at radius 2 is 2.19 bits per heavy atom. The maximum Gasteiger partial charge on any atom is 0.254 e. The number of carbonyl (C=O) groups is 1. The van der Waals surface area contributed by atoms with Gasteiger partial charge in [0.05, 0.1) is 11.8 Å². The van der Waals surface area contributed by atoms with Crippen LogP contribution in [0.25, 0.3) is 0 Å². The molecule has 0 saturated heterocycles. The van der Waals surface area contributed by atoms with E-state index in [0.29, 0.717) is 11.6 Å². The molecule has 0 unspecified atom stereocenters. The Morgan fingerprint density at radius 1 is 1.43 bits per heavy atom. The Hall–Kier alpha value is -0.970. The second-order valence-corrected chi connectivity index (χ2v) is 7.45. The summed E-state index contributed by atoms with van der Waals surface area (Å²) in [6.07, 6.45) is 11.5. The molecular formula is C16H27N3OS. The molecule has 0 aliphatic heterocycles. The van der Waals surface area contributed by atoms with Gasteiger partial charge >= 0.3 is 0 Å². The molecule has 21 heavy (non-hydrogen) atoms. The van der Waals surface area contributed by atoms with Crippen LogP contribution in [0.2, 0.25) is 0 Å². The van der Waals surface area contributed by atoms with Gasteiger partial charge in [-0.05, 0) is 38.9 Å². The van der Waals surface area contributed by atoms with Crippen molar-refractivity contribution < 1.29 is 4.79 Å². The molecule has 1 aromatic rings. The van der Waals surface area contributed by atoms with E-state index in [1.165, 1.54) is 32.1 Å². The third-order valence-corrected chi connectivity index (χ3v) is 5.37. The number of amides is 1. The van der Waals surface area contributed by atoms with E-state index in [0.717, 1.165) is 24.0 Å². The molecule has 1 amide bonds. The van der Waals surface area contributed by atoms with Crippen molar-refractivity contribution in [1.82, 2.24) is 15.1 Å². The Bertz CT molecular complexity index is 438. The smallest absolute Gasteiger partial charge is 0.254 e. The van der Waals surface area contributed by atoms with Gasteiger partial charge in [0.2, 0.25) is 0 Å². The minimum atomic E-state index is -0.00966. The second-order valence-electron chi connectivity index (χ2n) is 6.04. The highest BCUT2D eigenvalue weighted by Crippen LogP contribution is 2.28. The van der Waals surface area contributed by atoms with Gasteiger partial charge in [-0.2, -0.15) is 16.9 Å². The molecule has 0 spiro atoms. The normalized spacial score (nSPS) is 16.3. The molecule has 1 aliphatic rings. The van der Waals surface area contributed by atoms with Gasteiger partial charge in [-0.1, -0.05) is 19.3 Å². The fraction of sp³-hybridized carbons (Fsp3) is 0.750. The lowest BCUT2D eigenvalue weighted by atomic mass is 10.0. The minimum Gasteiger partial charge on any atom is -0.352 e. The lowest BCUT2D eigenvalue weighted by Crippen LogP contribution is -2.24. The molecule has 1 aromatic heterocycles. The standard InChI is InChI=1S/C16H27N3OS/c1-13(2)19-12-14(11-18-19)16(20)17-9-6-10-21-15-7-4-3-5-8-15/h11-13,15H,3-10H2,1-2H3,(H,17,20). The fourth-order valence-electron chi connectivity index (χ4n) is 2.60. The van der Waals surface area contributed by atoms with Gasteiger partial charge < -0.3 is 5.32 Å². The van der Waals surface area contributed by atoms with E-state index in [1.54, 1.807) is 6.20 Å². The van der Waals surface area contributed by atoms with Crippen LogP contribution in [0.5, 0.6) is 0 Å². The van der Waals surface area contributed by atoms with E-state index in [1.807, 2.05) is 10.9 Å². The monoisotopic (exact) mass is 309 g/mol. The van der Waals surface area contributed by atoms with Crippen LogP contribution in [0.1, 0.15) is 68.8 Å². The van der Waals surface area contributed by atoms with Gasteiger partial charge in [0.1, 0.15) is 0 Å². The van der Waals surface area contributed by atoms with Crippen molar-refractivity contribution in [3.05, 3.63) is 18.0 Å². The zero-order valence-corrected chi connectivity index (χ0v) is 14.0. The summed E-state index contributed by atoms with van der Waals surface area (Å²) in [6, 6.07) is 0.290. The van der Waals surface area contributed by atoms with Crippen LogP contribution in [0, 0.1) is 0 Å². The third-order valence-electron chi connectivity index (χ3n) is 3.91. The molecule has 4 nitrogen and oxygen atoms in total. The Labute approximate surface area is 132 Å². The van der Waals surface area contributed by atoms with Crippen LogP contribution in [0.15, 0.2) is 12.4 Å². The minimum absolute atomic E-state index is 0.00966. The van der Waals surface area contributed by atoms with E-state index >= 15 is 0 Å². The third kappa shape index (κ3) is 5.38. The first-order chi connectivity index (χ1) is 10.2. The van der Waals surface area contributed by atoms with Crippen molar-refractivity contribution in [3.63, 3.8) is 0 Å². The van der Waals surface area contributed by atoms with Crippen molar-refractivity contribution in [2.45, 2.75) is 63.7 Å². The van der Waals surface area contributed by atoms with Crippen molar-refractivity contribution >= 4 is 17.7 Å². The Morgan fingerprint density at radius 3 is 2.86 bits per heavy atom. The summed E-state index contributed by atoms with van der Waals surface area (Å²) in [5, 5.41) is 8.04. The maximum atomic E-state index is 12.0. The van der Waals surface area contributed by atoms with Crippen LogP contribution >= 0.6 is 11.8 Å². The van der Waals surface area contributed by atoms with Gasteiger partial charge in [-0.25, -0.2) is 0 Å². The number of aromatic nitrogens is 2.